The Morgan fingerprint density at radius 2 is 1.83 bits per heavy atom. The molecule has 15 heteroatoms. The predicted octanol–water partition coefficient (Wildman–Crippen LogP) is 5.66. The van der Waals surface area contributed by atoms with Crippen molar-refractivity contribution in [3.63, 3.8) is 0 Å². The van der Waals surface area contributed by atoms with Crippen molar-refractivity contribution in [1.29, 1.82) is 0 Å². The average Bonchev–Trinajstić information content (AvgIpc) is 4.18. The molecule has 60 heavy (non-hydrogen) atoms. The molecule has 4 amide bonds. The molecule has 3 N–H and O–H groups in total. The number of amides is 4. The fourth-order valence-electron chi connectivity index (χ4n) is 8.88. The highest BCUT2D eigenvalue weighted by molar-refractivity contribution is 7.91. The molecule has 0 spiro atoms. The van der Waals surface area contributed by atoms with Crippen LogP contribution in [-0.2, 0) is 29.1 Å². The smallest absolute Gasteiger partial charge is 0.407 e. The van der Waals surface area contributed by atoms with Gasteiger partial charge < -0.3 is 29.7 Å². The molecule has 1 saturated heterocycles. The third-order valence-corrected chi connectivity index (χ3v) is 14.4. The number of methoxy groups -OCH3 is 1. The number of fused-ring (bicyclic) bond motifs is 3. The number of aromatic nitrogens is 1. The van der Waals surface area contributed by atoms with Crippen molar-refractivity contribution in [1.82, 2.24) is 25.2 Å². The molecule has 14 nitrogen and oxygen atoms in total. The van der Waals surface area contributed by atoms with E-state index in [2.05, 4.69) is 21.9 Å². The second-order valence-electron chi connectivity index (χ2n) is 17.0. The van der Waals surface area contributed by atoms with Crippen molar-refractivity contribution in [2.75, 3.05) is 20.3 Å². The highest BCUT2D eigenvalue weighted by atomic mass is 32.2. The molecule has 5 aliphatic rings. The van der Waals surface area contributed by atoms with Gasteiger partial charge in [0.05, 0.1) is 36.7 Å². The number of carbonyl (C=O) groups excluding carboxylic acids is 4. The van der Waals surface area contributed by atoms with Crippen LogP contribution >= 0.6 is 0 Å². The Bertz CT molecular complexity index is 2310. The lowest BCUT2D eigenvalue weighted by Crippen LogP contribution is -2.59. The minimum atomic E-state index is -3.92. The van der Waals surface area contributed by atoms with Crippen LogP contribution in [0.1, 0.15) is 76.7 Å². The molecule has 0 radical (unpaired) electrons. The summed E-state index contributed by atoms with van der Waals surface area (Å²) in [6.45, 7) is 5.90. The van der Waals surface area contributed by atoms with Gasteiger partial charge in [0.2, 0.25) is 21.8 Å². The molecule has 4 fully saturated rings. The minimum absolute atomic E-state index is 0.0125. The van der Waals surface area contributed by atoms with Crippen LogP contribution in [0.4, 0.5) is 4.79 Å². The molecule has 1 aromatic heterocycles. The molecule has 3 aliphatic carbocycles. The Morgan fingerprint density at radius 1 is 1.07 bits per heavy atom. The van der Waals surface area contributed by atoms with E-state index >= 15 is 0 Å². The molecule has 318 valence electrons. The first-order chi connectivity index (χ1) is 28.9. The Kier molecular flexibility index (Phi) is 11.6. The molecule has 8 rings (SSSR count). The molecule has 6 atom stereocenters. The zero-order valence-corrected chi connectivity index (χ0v) is 34.9. The van der Waals surface area contributed by atoms with Gasteiger partial charge >= 0.3 is 6.09 Å². The number of hydrogen-bond acceptors (Lipinski definition) is 10. The third-order valence-electron chi connectivity index (χ3n) is 12.6. The van der Waals surface area contributed by atoms with Gasteiger partial charge in [0.15, 0.2) is 0 Å². The molecule has 3 aromatic rings. The quantitative estimate of drug-likeness (QED) is 0.228. The van der Waals surface area contributed by atoms with Crippen LogP contribution in [-0.4, -0.2) is 91.4 Å². The van der Waals surface area contributed by atoms with Crippen LogP contribution in [0.3, 0.4) is 0 Å². The van der Waals surface area contributed by atoms with Crippen LogP contribution in [0.2, 0.25) is 0 Å². The first-order valence-electron chi connectivity index (χ1n) is 21.0. The number of pyridine rings is 1. The van der Waals surface area contributed by atoms with Crippen molar-refractivity contribution >= 4 is 50.8 Å². The van der Waals surface area contributed by atoms with Gasteiger partial charge in [-0.3, -0.25) is 19.1 Å². The van der Waals surface area contributed by atoms with Crippen molar-refractivity contribution in [3.8, 4) is 22.8 Å². The van der Waals surface area contributed by atoms with Crippen molar-refractivity contribution in [3.05, 3.63) is 72.8 Å². The van der Waals surface area contributed by atoms with E-state index < -0.39 is 68.7 Å². The Hall–Kier alpha value is -5.44. The summed E-state index contributed by atoms with van der Waals surface area (Å²) in [6.07, 6.45) is 9.97. The van der Waals surface area contributed by atoms with E-state index in [0.717, 1.165) is 30.4 Å². The molecule has 3 saturated carbocycles. The lowest BCUT2D eigenvalue weighted by Gasteiger charge is -2.34. The maximum absolute atomic E-state index is 15.0. The monoisotopic (exact) mass is 839 g/mol. The van der Waals surface area contributed by atoms with E-state index in [1.54, 1.807) is 7.11 Å². The lowest BCUT2D eigenvalue weighted by atomic mass is 9.83. The van der Waals surface area contributed by atoms with E-state index in [0.29, 0.717) is 60.2 Å². The summed E-state index contributed by atoms with van der Waals surface area (Å²) in [5.74, 6) is -1.59. The number of carbonyl (C=O) groups is 4. The van der Waals surface area contributed by atoms with Gasteiger partial charge in [-0.15, -0.1) is 6.58 Å². The number of rotatable bonds is 9. The first kappa shape index (κ1) is 41.3. The fraction of sp³-hybridized carbons (Fsp3) is 0.489. The molecule has 2 aliphatic heterocycles. The standard InChI is InChI=1S/C45H53N5O9S/c1-4-31-24-45(31,43(53)49-60(55,56)33-18-19-33)48-41(51)37-21-32-25-50(37)42(52)40(29-15-9-6-10-16-29)47-44(54)58-26-27(2)12-11-17-30-20-34-36(23-38(30)57-3)46-35(22-39(34)59-32)28-13-7-5-8-14-28/h4-5,7-8,11,13-14,17,20,22-23,27,29,31-33,37,40H,1,6,9-10,12,15-16,18-19,21,24-26H2,2-3H3,(H,47,54)(H,48,51)(H,49,53)/b17-11-/t27?,31-,32-,37+,40+,45-/m1/s1. The van der Waals surface area contributed by atoms with E-state index in [-0.39, 0.29) is 37.8 Å². The molecule has 1 unspecified atom stereocenters. The largest absolute Gasteiger partial charge is 0.496 e. The second kappa shape index (κ2) is 16.9. The molecule has 3 heterocycles. The summed E-state index contributed by atoms with van der Waals surface area (Å²) in [5, 5.41) is 5.81. The van der Waals surface area contributed by atoms with Crippen molar-refractivity contribution in [2.24, 2.45) is 17.8 Å². The lowest BCUT2D eigenvalue weighted by molar-refractivity contribution is -0.142. The number of sulfonamides is 1. The number of benzene rings is 2. The van der Waals surface area contributed by atoms with Crippen LogP contribution < -0.4 is 24.8 Å². The predicted molar refractivity (Wildman–Crippen MR) is 225 cm³/mol. The molecule has 2 aromatic carbocycles. The van der Waals surface area contributed by atoms with Crippen LogP contribution in [0.5, 0.6) is 11.5 Å². The van der Waals surface area contributed by atoms with Gasteiger partial charge in [-0.1, -0.05) is 74.7 Å². The Balaban J connectivity index is 1.19. The third kappa shape index (κ3) is 8.59. The number of nitrogens with zero attached hydrogens (tertiary/aromatic N) is 2. The highest BCUT2D eigenvalue weighted by Crippen LogP contribution is 2.46. The number of hydrogen-bond donors (Lipinski definition) is 3. The molecule has 4 bridgehead atoms. The number of cyclic esters (lactones) is 1. The SMILES string of the molecule is C=C[C@@H]1C[C@]1(NC(=O)[C@@H]1C[C@@H]2CN1C(=O)[C@H](C1CCCCC1)NC(=O)OCC(C)C/C=C\c1cc3c(cc(-c4ccccc4)nc3cc1OC)O2)C(=O)NS(=O)(=O)C1CC1. The van der Waals surface area contributed by atoms with E-state index in [1.165, 1.54) is 11.0 Å². The highest BCUT2D eigenvalue weighted by Gasteiger charge is 2.62. The van der Waals surface area contributed by atoms with Crippen LogP contribution in [0.15, 0.2) is 67.3 Å². The average molecular weight is 840 g/mol. The fourth-order valence-corrected chi connectivity index (χ4v) is 10.2. The zero-order chi connectivity index (χ0) is 42.2. The van der Waals surface area contributed by atoms with Gasteiger partial charge in [-0.05, 0) is 56.4 Å². The summed E-state index contributed by atoms with van der Waals surface area (Å²) in [7, 11) is -2.32. The number of alkyl carbamates (subject to hydrolysis) is 1. The number of ether oxygens (including phenoxy) is 3. The maximum atomic E-state index is 15.0. The van der Waals surface area contributed by atoms with E-state index in [4.69, 9.17) is 19.2 Å². The van der Waals surface area contributed by atoms with Crippen molar-refractivity contribution in [2.45, 2.75) is 100 Å². The summed E-state index contributed by atoms with van der Waals surface area (Å²) >= 11 is 0. The van der Waals surface area contributed by atoms with Crippen LogP contribution in [0.25, 0.3) is 28.2 Å². The van der Waals surface area contributed by atoms with Gasteiger partial charge in [0.1, 0.15) is 35.2 Å². The number of nitrogens with one attached hydrogen (secondary N) is 3. The number of allylic oxidation sites excluding steroid dienone is 1. The van der Waals surface area contributed by atoms with E-state index in [1.807, 2.05) is 67.6 Å². The first-order valence-corrected chi connectivity index (χ1v) is 22.6. The summed E-state index contributed by atoms with van der Waals surface area (Å²) in [6, 6.07) is 13.2. The van der Waals surface area contributed by atoms with Gasteiger partial charge in [0.25, 0.3) is 5.91 Å². The molecular formula is C45H53N5O9S. The zero-order valence-electron chi connectivity index (χ0n) is 34.1. The van der Waals surface area contributed by atoms with Gasteiger partial charge in [0, 0.05) is 41.0 Å². The summed E-state index contributed by atoms with van der Waals surface area (Å²) in [5.41, 5.74) is 1.35. The minimum Gasteiger partial charge on any atom is -0.496 e. The van der Waals surface area contributed by atoms with Gasteiger partial charge in [-0.2, -0.15) is 0 Å². The summed E-state index contributed by atoms with van der Waals surface area (Å²) < 4.78 is 46.3. The van der Waals surface area contributed by atoms with Gasteiger partial charge in [-0.25, -0.2) is 18.2 Å². The topological polar surface area (TPSA) is 182 Å². The maximum Gasteiger partial charge on any atom is 0.407 e. The van der Waals surface area contributed by atoms with Crippen LogP contribution in [0, 0.1) is 17.8 Å². The molecular weight excluding hydrogens is 787 g/mol. The second-order valence-corrected chi connectivity index (χ2v) is 19.0. The Labute approximate surface area is 350 Å². The van der Waals surface area contributed by atoms with E-state index in [9.17, 15) is 27.6 Å². The normalized spacial score (nSPS) is 28.0. The van der Waals surface area contributed by atoms with Crippen molar-refractivity contribution < 1.29 is 41.8 Å². The summed E-state index contributed by atoms with van der Waals surface area (Å²) in [4.78, 5) is 63.2. The Morgan fingerprint density at radius 3 is 2.53 bits per heavy atom.